The van der Waals surface area contributed by atoms with Crippen LogP contribution < -0.4 is 4.74 Å². The summed E-state index contributed by atoms with van der Waals surface area (Å²) in [6.07, 6.45) is 0. The van der Waals surface area contributed by atoms with E-state index in [4.69, 9.17) is 4.74 Å². The van der Waals surface area contributed by atoms with Gasteiger partial charge in [-0.2, -0.15) is 0 Å². The van der Waals surface area contributed by atoms with Gasteiger partial charge < -0.3 is 4.74 Å². The van der Waals surface area contributed by atoms with Crippen molar-refractivity contribution in [2.24, 2.45) is 0 Å². The minimum absolute atomic E-state index is 0.0830. The molecule has 0 saturated heterocycles. The van der Waals surface area contributed by atoms with Gasteiger partial charge in [0.15, 0.2) is 5.78 Å². The van der Waals surface area contributed by atoms with Crippen LogP contribution in [0.1, 0.15) is 15.9 Å². The Hall–Kier alpha value is -2.61. The molecule has 0 fully saturated rings. The maximum atomic E-state index is 12.5. The lowest BCUT2D eigenvalue weighted by Gasteiger charge is -2.11. The Bertz CT molecular complexity index is 862. The first-order valence-electron chi connectivity index (χ1n) is 6.55. The molecule has 3 aromatic carbocycles. The fraction of sp³-hybridized carbons (Fsp3) is 0.0556. The maximum absolute atomic E-state index is 12.5. The van der Waals surface area contributed by atoms with Crippen molar-refractivity contribution in [3.05, 3.63) is 65.7 Å². The highest BCUT2D eigenvalue weighted by molar-refractivity contribution is 6.25. The van der Waals surface area contributed by atoms with Crippen molar-refractivity contribution >= 4 is 16.6 Å². The smallest absolute Gasteiger partial charge is 0.194 e. The van der Waals surface area contributed by atoms with E-state index in [0.717, 1.165) is 38.8 Å². The van der Waals surface area contributed by atoms with Crippen molar-refractivity contribution in [2.45, 2.75) is 0 Å². The second kappa shape index (κ2) is 3.94. The normalized spacial score (nSPS) is 12.3. The Kier molecular flexibility index (Phi) is 2.21. The van der Waals surface area contributed by atoms with Gasteiger partial charge >= 0.3 is 0 Å². The van der Waals surface area contributed by atoms with Gasteiger partial charge in [-0.3, -0.25) is 4.79 Å². The van der Waals surface area contributed by atoms with Gasteiger partial charge in [-0.05, 0) is 17.0 Å². The van der Waals surface area contributed by atoms with E-state index < -0.39 is 0 Å². The summed E-state index contributed by atoms with van der Waals surface area (Å²) in [5.74, 6) is 0.871. The van der Waals surface area contributed by atoms with Crippen molar-refractivity contribution in [1.82, 2.24) is 0 Å². The number of rotatable bonds is 1. The molecule has 0 aromatic heterocycles. The molecule has 1 aliphatic rings. The molecule has 2 nitrogen and oxygen atoms in total. The molecule has 0 bridgehead atoms. The third kappa shape index (κ3) is 1.31. The molecule has 0 spiro atoms. The van der Waals surface area contributed by atoms with Crippen LogP contribution in [-0.4, -0.2) is 12.9 Å². The van der Waals surface area contributed by atoms with Crippen molar-refractivity contribution in [1.29, 1.82) is 0 Å². The van der Waals surface area contributed by atoms with Crippen molar-refractivity contribution in [3.8, 4) is 16.9 Å². The van der Waals surface area contributed by atoms with E-state index in [1.54, 1.807) is 7.11 Å². The summed E-state index contributed by atoms with van der Waals surface area (Å²) in [4.78, 5) is 12.5. The van der Waals surface area contributed by atoms with Crippen LogP contribution in [0.5, 0.6) is 5.75 Å². The monoisotopic (exact) mass is 260 g/mol. The standard InChI is InChI=1S/C18H12O2/c1-20-18-12-7-3-2-6-11(12)10-15-16(18)13-8-4-5-9-14(13)17(15)19/h2-10H,1H3. The van der Waals surface area contributed by atoms with Gasteiger partial charge in [-0.15, -0.1) is 0 Å². The second-order valence-electron chi connectivity index (χ2n) is 4.93. The molecule has 2 heteroatoms. The lowest BCUT2D eigenvalue weighted by atomic mass is 9.99. The number of carbonyl (C=O) groups excluding carboxylic acids is 1. The molecule has 96 valence electrons. The number of carbonyl (C=O) groups is 1. The van der Waals surface area contributed by atoms with Crippen LogP contribution in [0.25, 0.3) is 21.9 Å². The lowest BCUT2D eigenvalue weighted by Crippen LogP contribution is -1.96. The van der Waals surface area contributed by atoms with Crippen LogP contribution >= 0.6 is 0 Å². The Morgan fingerprint density at radius 3 is 2.35 bits per heavy atom. The Balaban J connectivity index is 2.20. The molecule has 0 N–H and O–H groups in total. The molecular weight excluding hydrogens is 248 g/mol. The zero-order valence-electron chi connectivity index (χ0n) is 11.0. The summed E-state index contributed by atoms with van der Waals surface area (Å²) in [5.41, 5.74) is 3.39. The molecule has 0 saturated carbocycles. The Morgan fingerprint density at radius 2 is 1.55 bits per heavy atom. The zero-order valence-corrected chi connectivity index (χ0v) is 11.0. The summed E-state index contributed by atoms with van der Waals surface area (Å²) in [6.45, 7) is 0. The summed E-state index contributed by atoms with van der Waals surface area (Å²) < 4.78 is 5.62. The van der Waals surface area contributed by atoms with Crippen LogP contribution in [0.3, 0.4) is 0 Å². The number of benzene rings is 3. The van der Waals surface area contributed by atoms with E-state index in [-0.39, 0.29) is 5.78 Å². The molecule has 0 unspecified atom stereocenters. The number of hydrogen-bond acceptors (Lipinski definition) is 2. The minimum Gasteiger partial charge on any atom is -0.495 e. The Morgan fingerprint density at radius 1 is 0.850 bits per heavy atom. The van der Waals surface area contributed by atoms with Crippen molar-refractivity contribution < 1.29 is 9.53 Å². The van der Waals surface area contributed by atoms with Crippen LogP contribution in [0.4, 0.5) is 0 Å². The Labute approximate surface area is 116 Å². The second-order valence-corrected chi connectivity index (χ2v) is 4.93. The summed E-state index contributed by atoms with van der Waals surface area (Å²) in [7, 11) is 1.66. The van der Waals surface area contributed by atoms with Crippen LogP contribution in [0.2, 0.25) is 0 Å². The van der Waals surface area contributed by atoms with Gasteiger partial charge in [-0.1, -0.05) is 48.5 Å². The molecule has 20 heavy (non-hydrogen) atoms. The predicted molar refractivity (Wildman–Crippen MR) is 79.4 cm³/mol. The van der Waals surface area contributed by atoms with Gasteiger partial charge in [0, 0.05) is 22.1 Å². The predicted octanol–water partition coefficient (Wildman–Crippen LogP) is 4.06. The van der Waals surface area contributed by atoms with Crippen LogP contribution in [0, 0.1) is 0 Å². The third-order valence-electron chi connectivity index (χ3n) is 3.89. The molecule has 0 atom stereocenters. The van der Waals surface area contributed by atoms with E-state index >= 15 is 0 Å². The number of hydrogen-bond donors (Lipinski definition) is 0. The van der Waals surface area contributed by atoms with Gasteiger partial charge in [0.25, 0.3) is 0 Å². The number of fused-ring (bicyclic) bond motifs is 4. The fourth-order valence-corrected chi connectivity index (χ4v) is 3.02. The van der Waals surface area contributed by atoms with Crippen LogP contribution in [-0.2, 0) is 0 Å². The number of methoxy groups -OCH3 is 1. The molecule has 0 radical (unpaired) electrons. The molecule has 4 rings (SSSR count). The van der Waals surface area contributed by atoms with Gasteiger partial charge in [0.2, 0.25) is 0 Å². The van der Waals surface area contributed by atoms with E-state index in [0.29, 0.717) is 0 Å². The quantitative estimate of drug-likeness (QED) is 0.516. The van der Waals surface area contributed by atoms with Crippen molar-refractivity contribution in [3.63, 3.8) is 0 Å². The van der Waals surface area contributed by atoms with Gasteiger partial charge in [0.1, 0.15) is 5.75 Å². The molecular formula is C18H12O2. The first kappa shape index (κ1) is 11.2. The summed E-state index contributed by atoms with van der Waals surface area (Å²) in [5, 5.41) is 2.07. The van der Waals surface area contributed by atoms with Crippen LogP contribution in [0.15, 0.2) is 54.6 Å². The van der Waals surface area contributed by atoms with E-state index in [1.165, 1.54) is 0 Å². The highest BCUT2D eigenvalue weighted by Crippen LogP contribution is 2.46. The maximum Gasteiger partial charge on any atom is 0.194 e. The summed E-state index contributed by atoms with van der Waals surface area (Å²) >= 11 is 0. The summed E-state index contributed by atoms with van der Waals surface area (Å²) in [6, 6.07) is 17.7. The van der Waals surface area contributed by atoms with E-state index in [2.05, 4.69) is 0 Å². The lowest BCUT2D eigenvalue weighted by molar-refractivity contribution is 0.104. The molecule has 1 aliphatic carbocycles. The average molecular weight is 260 g/mol. The first-order chi connectivity index (χ1) is 9.81. The zero-order chi connectivity index (χ0) is 13.7. The molecule has 3 aromatic rings. The highest BCUT2D eigenvalue weighted by Gasteiger charge is 2.30. The largest absolute Gasteiger partial charge is 0.495 e. The minimum atomic E-state index is 0.0830. The van der Waals surface area contributed by atoms with Crippen molar-refractivity contribution in [2.75, 3.05) is 7.11 Å². The number of ketones is 1. The first-order valence-corrected chi connectivity index (χ1v) is 6.55. The highest BCUT2D eigenvalue weighted by atomic mass is 16.5. The third-order valence-corrected chi connectivity index (χ3v) is 3.89. The average Bonchev–Trinajstić information content (AvgIpc) is 2.79. The van der Waals surface area contributed by atoms with E-state index in [1.807, 2.05) is 54.6 Å². The molecule has 0 aliphatic heterocycles. The molecule has 0 heterocycles. The fourth-order valence-electron chi connectivity index (χ4n) is 3.02. The SMILES string of the molecule is COc1c2c(cc3ccccc13)C(=O)c1ccccc1-2. The van der Waals surface area contributed by atoms with Gasteiger partial charge in [-0.25, -0.2) is 0 Å². The van der Waals surface area contributed by atoms with Gasteiger partial charge in [0.05, 0.1) is 7.11 Å². The molecule has 0 amide bonds. The van der Waals surface area contributed by atoms with E-state index in [9.17, 15) is 4.79 Å². The number of ether oxygens (including phenoxy) is 1. The topological polar surface area (TPSA) is 26.3 Å².